The first kappa shape index (κ1) is 17.6. The molecular weight excluding hydrogens is 314 g/mol. The van der Waals surface area contributed by atoms with Crippen molar-refractivity contribution in [2.75, 3.05) is 19.6 Å². The van der Waals surface area contributed by atoms with Crippen LogP contribution in [0.1, 0.15) is 44.0 Å². The molecule has 0 aliphatic carbocycles. The van der Waals surface area contributed by atoms with E-state index in [-0.39, 0.29) is 11.9 Å². The van der Waals surface area contributed by atoms with Crippen molar-refractivity contribution < 1.29 is 4.79 Å². The first-order valence-electron chi connectivity index (χ1n) is 9.18. The lowest BCUT2D eigenvalue weighted by atomic mass is 10.0. The lowest BCUT2D eigenvalue weighted by Crippen LogP contribution is -2.45. The summed E-state index contributed by atoms with van der Waals surface area (Å²) in [5.41, 5.74) is 1.04. The summed E-state index contributed by atoms with van der Waals surface area (Å²) >= 11 is 0. The Balaban J connectivity index is 1.91. The molecule has 0 fully saturated rings. The Hall–Kier alpha value is -2.21. The first-order chi connectivity index (χ1) is 12.2. The smallest absolute Gasteiger partial charge is 0.244 e. The number of benzene rings is 1. The Labute approximate surface area is 149 Å². The molecule has 1 atom stereocenters. The highest BCUT2D eigenvalue weighted by Crippen LogP contribution is 2.27. The quantitative estimate of drug-likeness (QED) is 0.809. The van der Waals surface area contributed by atoms with Gasteiger partial charge in [-0.1, -0.05) is 37.3 Å². The van der Waals surface area contributed by atoms with Crippen LogP contribution in [-0.4, -0.2) is 50.1 Å². The maximum absolute atomic E-state index is 13.2. The highest BCUT2D eigenvalue weighted by molar-refractivity contribution is 5.83. The second kappa shape index (κ2) is 7.78. The van der Waals surface area contributed by atoms with E-state index in [0.29, 0.717) is 6.54 Å². The molecule has 0 N–H and O–H groups in total. The maximum atomic E-state index is 13.2. The van der Waals surface area contributed by atoms with Crippen LogP contribution in [0.5, 0.6) is 0 Å². The predicted octanol–water partition coefficient (Wildman–Crippen LogP) is 2.27. The average molecular weight is 341 g/mol. The van der Waals surface area contributed by atoms with Crippen LogP contribution in [0.3, 0.4) is 0 Å². The van der Waals surface area contributed by atoms with E-state index in [2.05, 4.69) is 26.6 Å². The van der Waals surface area contributed by atoms with Crippen LogP contribution in [-0.2, 0) is 24.3 Å². The maximum Gasteiger partial charge on any atom is 0.244 e. The summed E-state index contributed by atoms with van der Waals surface area (Å²) in [6, 6.07) is 9.81. The van der Waals surface area contributed by atoms with Gasteiger partial charge in [-0.05, 0) is 19.4 Å². The molecule has 6 nitrogen and oxygen atoms in total. The highest BCUT2D eigenvalue weighted by atomic mass is 16.2. The monoisotopic (exact) mass is 341 g/mol. The number of aromatic nitrogens is 3. The molecule has 25 heavy (non-hydrogen) atoms. The molecule has 2 heterocycles. The molecule has 1 aliphatic heterocycles. The zero-order valence-corrected chi connectivity index (χ0v) is 15.4. The minimum atomic E-state index is -0.267. The zero-order chi connectivity index (χ0) is 17.8. The number of hydrogen-bond acceptors (Lipinski definition) is 4. The molecule has 0 saturated carbocycles. The highest BCUT2D eigenvalue weighted by Gasteiger charge is 2.33. The summed E-state index contributed by atoms with van der Waals surface area (Å²) in [4.78, 5) is 17.4. The first-order valence-corrected chi connectivity index (χ1v) is 9.18. The van der Waals surface area contributed by atoms with Crippen molar-refractivity contribution in [1.29, 1.82) is 0 Å². The van der Waals surface area contributed by atoms with Gasteiger partial charge in [0.1, 0.15) is 17.7 Å². The van der Waals surface area contributed by atoms with Gasteiger partial charge >= 0.3 is 0 Å². The second-order valence-electron chi connectivity index (χ2n) is 6.33. The van der Waals surface area contributed by atoms with E-state index in [1.807, 2.05) is 49.1 Å². The SMILES string of the molecule is CCc1nnc2n1CCN([C@@H](C(=O)N(CC)CC)c1ccccc1)C2. The average Bonchev–Trinajstić information content (AvgIpc) is 3.06. The number of aryl methyl sites for hydroxylation is 1. The number of carbonyl (C=O) groups is 1. The third kappa shape index (κ3) is 3.44. The normalized spacial score (nSPS) is 15.6. The number of nitrogens with zero attached hydrogens (tertiary/aromatic N) is 5. The van der Waals surface area contributed by atoms with E-state index in [1.165, 1.54) is 0 Å². The molecule has 6 heteroatoms. The van der Waals surface area contributed by atoms with Gasteiger partial charge in [0.15, 0.2) is 0 Å². The van der Waals surface area contributed by atoms with Crippen LogP contribution in [0.2, 0.25) is 0 Å². The third-order valence-corrected chi connectivity index (χ3v) is 4.97. The van der Waals surface area contributed by atoms with Gasteiger partial charge in [0.2, 0.25) is 5.91 Å². The predicted molar refractivity (Wildman–Crippen MR) is 96.9 cm³/mol. The Morgan fingerprint density at radius 3 is 2.48 bits per heavy atom. The molecule has 1 aromatic heterocycles. The lowest BCUT2D eigenvalue weighted by molar-refractivity contribution is -0.137. The Kier molecular flexibility index (Phi) is 5.48. The van der Waals surface area contributed by atoms with Crippen molar-refractivity contribution in [2.45, 2.75) is 46.3 Å². The van der Waals surface area contributed by atoms with Crippen molar-refractivity contribution in [3.63, 3.8) is 0 Å². The van der Waals surface area contributed by atoms with Crippen LogP contribution in [0.15, 0.2) is 30.3 Å². The molecule has 0 spiro atoms. The summed E-state index contributed by atoms with van der Waals surface area (Å²) in [6.07, 6.45) is 0.882. The van der Waals surface area contributed by atoms with Gasteiger partial charge in [0.05, 0.1) is 6.54 Å². The summed E-state index contributed by atoms with van der Waals surface area (Å²) in [5, 5.41) is 8.63. The number of carbonyl (C=O) groups excluding carboxylic acids is 1. The number of fused-ring (bicyclic) bond motifs is 1. The van der Waals surface area contributed by atoms with Crippen LogP contribution in [0.25, 0.3) is 0 Å². The summed E-state index contributed by atoms with van der Waals surface area (Å²) in [7, 11) is 0. The topological polar surface area (TPSA) is 54.3 Å². The fourth-order valence-corrected chi connectivity index (χ4v) is 3.57. The van der Waals surface area contributed by atoms with E-state index in [4.69, 9.17) is 0 Å². The number of hydrogen-bond donors (Lipinski definition) is 0. The van der Waals surface area contributed by atoms with Crippen molar-refractivity contribution in [3.8, 4) is 0 Å². The molecule has 2 aromatic rings. The lowest BCUT2D eigenvalue weighted by Gasteiger charge is -2.36. The van der Waals surface area contributed by atoms with Gasteiger partial charge in [-0.2, -0.15) is 0 Å². The number of amides is 1. The van der Waals surface area contributed by atoms with E-state index in [1.54, 1.807) is 0 Å². The molecular formula is C19H27N5O. The minimum absolute atomic E-state index is 0.167. The van der Waals surface area contributed by atoms with Crippen LogP contribution in [0.4, 0.5) is 0 Å². The molecule has 0 bridgehead atoms. The van der Waals surface area contributed by atoms with E-state index < -0.39 is 0 Å². The molecule has 0 unspecified atom stereocenters. The molecule has 3 rings (SSSR count). The molecule has 0 saturated heterocycles. The van der Waals surface area contributed by atoms with Gasteiger partial charge in [-0.3, -0.25) is 9.69 Å². The van der Waals surface area contributed by atoms with E-state index in [0.717, 1.165) is 49.8 Å². The van der Waals surface area contributed by atoms with Gasteiger partial charge < -0.3 is 9.47 Å². The number of rotatable bonds is 6. The Morgan fingerprint density at radius 1 is 1.12 bits per heavy atom. The summed E-state index contributed by atoms with van der Waals surface area (Å²) < 4.78 is 2.19. The van der Waals surface area contributed by atoms with Crippen molar-refractivity contribution in [2.24, 2.45) is 0 Å². The number of likely N-dealkylation sites (N-methyl/N-ethyl adjacent to an activating group) is 1. The second-order valence-corrected chi connectivity index (χ2v) is 6.33. The summed E-state index contributed by atoms with van der Waals surface area (Å²) in [6.45, 7) is 9.92. The Bertz CT molecular complexity index is 708. The summed E-state index contributed by atoms with van der Waals surface area (Å²) in [5.74, 6) is 2.15. The third-order valence-electron chi connectivity index (χ3n) is 4.97. The van der Waals surface area contributed by atoms with Crippen LogP contribution >= 0.6 is 0 Å². The molecule has 1 aromatic carbocycles. The van der Waals surface area contributed by atoms with Crippen molar-refractivity contribution in [3.05, 3.63) is 47.5 Å². The van der Waals surface area contributed by atoms with Gasteiger partial charge in [0, 0.05) is 32.6 Å². The van der Waals surface area contributed by atoms with E-state index in [9.17, 15) is 4.79 Å². The van der Waals surface area contributed by atoms with Gasteiger partial charge in [-0.15, -0.1) is 10.2 Å². The van der Waals surface area contributed by atoms with Gasteiger partial charge in [0.25, 0.3) is 0 Å². The van der Waals surface area contributed by atoms with Crippen LogP contribution < -0.4 is 0 Å². The Morgan fingerprint density at radius 2 is 1.84 bits per heavy atom. The molecule has 0 radical (unpaired) electrons. The molecule has 1 aliphatic rings. The fourth-order valence-electron chi connectivity index (χ4n) is 3.57. The standard InChI is InChI=1S/C19H27N5O/c1-4-16-20-21-17-14-23(12-13-24(16)17)18(15-10-8-7-9-11-15)19(25)22(5-2)6-3/h7-11,18H,4-6,12-14H2,1-3H3/t18-/m1/s1. The molecule has 134 valence electrons. The van der Waals surface area contributed by atoms with Gasteiger partial charge in [-0.25, -0.2) is 0 Å². The van der Waals surface area contributed by atoms with Crippen molar-refractivity contribution in [1.82, 2.24) is 24.6 Å². The molecule has 1 amide bonds. The minimum Gasteiger partial charge on any atom is -0.342 e. The van der Waals surface area contributed by atoms with Crippen molar-refractivity contribution >= 4 is 5.91 Å². The fraction of sp³-hybridized carbons (Fsp3) is 0.526. The zero-order valence-electron chi connectivity index (χ0n) is 15.4. The largest absolute Gasteiger partial charge is 0.342 e. The van der Waals surface area contributed by atoms with E-state index >= 15 is 0 Å². The van der Waals surface area contributed by atoms with Crippen LogP contribution in [0, 0.1) is 0 Å².